The van der Waals surface area contributed by atoms with Crippen LogP contribution < -0.4 is 9.47 Å². The molecular formula is C24H25N3O2. The Bertz CT molecular complexity index is 959. The summed E-state index contributed by atoms with van der Waals surface area (Å²) in [5.41, 5.74) is 3.40. The van der Waals surface area contributed by atoms with Crippen molar-refractivity contribution in [2.45, 2.75) is 37.4 Å². The Hall–Kier alpha value is -2.55. The van der Waals surface area contributed by atoms with Gasteiger partial charge in [0.05, 0.1) is 11.6 Å². The van der Waals surface area contributed by atoms with E-state index in [0.717, 1.165) is 36.1 Å². The van der Waals surface area contributed by atoms with Gasteiger partial charge < -0.3 is 9.47 Å². The van der Waals surface area contributed by atoms with Gasteiger partial charge in [-0.15, -0.1) is 0 Å². The molecule has 5 heterocycles. The Kier molecular flexibility index (Phi) is 4.04. The molecule has 2 bridgehead atoms. The molecule has 2 aromatic carbocycles. The molecule has 5 nitrogen and oxygen atoms in total. The monoisotopic (exact) mass is 387 g/mol. The van der Waals surface area contributed by atoms with E-state index in [1.165, 1.54) is 37.1 Å². The molecular weight excluding hydrogens is 362 g/mol. The number of hydrogen-bond donors (Lipinski definition) is 0. The zero-order valence-corrected chi connectivity index (χ0v) is 16.5. The Morgan fingerprint density at radius 1 is 0.966 bits per heavy atom. The Labute approximate surface area is 171 Å². The molecule has 5 heteroatoms. The lowest BCUT2D eigenvalue weighted by molar-refractivity contribution is -0.00869. The fraction of sp³-hybridized carbons (Fsp3) is 0.458. The molecule has 0 saturated carbocycles. The van der Waals surface area contributed by atoms with Crippen molar-refractivity contribution in [3.8, 4) is 17.6 Å². The number of likely N-dealkylation sites (tertiary alicyclic amines) is 1. The average molecular weight is 387 g/mol. The third-order valence-electron chi connectivity index (χ3n) is 7.39. The summed E-state index contributed by atoms with van der Waals surface area (Å²) >= 11 is 0. The summed E-state index contributed by atoms with van der Waals surface area (Å²) in [6.07, 6.45) is 2.64. The van der Waals surface area contributed by atoms with E-state index in [1.54, 1.807) is 0 Å². The van der Waals surface area contributed by atoms with Crippen LogP contribution in [0.15, 0.2) is 42.5 Å². The highest BCUT2D eigenvalue weighted by atomic mass is 16.7. The number of ether oxygens (including phenoxy) is 2. The van der Waals surface area contributed by atoms with Gasteiger partial charge in [-0.2, -0.15) is 5.26 Å². The molecule has 4 saturated heterocycles. The molecule has 0 radical (unpaired) electrons. The summed E-state index contributed by atoms with van der Waals surface area (Å²) in [6.45, 7) is 4.82. The average Bonchev–Trinajstić information content (AvgIpc) is 3.40. The minimum absolute atomic E-state index is 0.328. The van der Waals surface area contributed by atoms with Crippen LogP contribution >= 0.6 is 0 Å². The van der Waals surface area contributed by atoms with Crippen LogP contribution in [-0.4, -0.2) is 48.3 Å². The molecule has 0 unspecified atom stereocenters. The molecule has 0 amide bonds. The quantitative estimate of drug-likeness (QED) is 0.808. The number of rotatable bonds is 3. The summed E-state index contributed by atoms with van der Waals surface area (Å²) < 4.78 is 11.2. The fourth-order valence-electron chi connectivity index (χ4n) is 6.08. The van der Waals surface area contributed by atoms with Crippen molar-refractivity contribution in [2.75, 3.05) is 26.4 Å². The number of piperidine rings is 3. The van der Waals surface area contributed by atoms with Crippen molar-refractivity contribution in [1.29, 1.82) is 5.26 Å². The number of hydrogen-bond acceptors (Lipinski definition) is 5. The van der Waals surface area contributed by atoms with E-state index in [-0.39, 0.29) is 0 Å². The predicted octanol–water partition coefficient (Wildman–Crippen LogP) is 3.35. The van der Waals surface area contributed by atoms with Crippen LogP contribution in [0.4, 0.5) is 0 Å². The van der Waals surface area contributed by atoms with Gasteiger partial charge in [0.1, 0.15) is 0 Å². The summed E-state index contributed by atoms with van der Waals surface area (Å²) in [7, 11) is 0. The van der Waals surface area contributed by atoms with Crippen molar-refractivity contribution < 1.29 is 9.47 Å². The van der Waals surface area contributed by atoms with E-state index in [1.807, 2.05) is 12.1 Å². The van der Waals surface area contributed by atoms with Gasteiger partial charge in [-0.1, -0.05) is 18.2 Å². The van der Waals surface area contributed by atoms with E-state index in [2.05, 4.69) is 46.2 Å². The molecule has 5 aliphatic heterocycles. The first kappa shape index (κ1) is 17.3. The lowest BCUT2D eigenvalue weighted by Crippen LogP contribution is -2.59. The number of fused-ring (bicyclic) bond motifs is 3. The molecule has 4 fully saturated rings. The summed E-state index contributed by atoms with van der Waals surface area (Å²) in [5, 5.41) is 9.08. The number of nitriles is 1. The topological polar surface area (TPSA) is 48.7 Å². The van der Waals surface area contributed by atoms with Crippen molar-refractivity contribution >= 4 is 0 Å². The van der Waals surface area contributed by atoms with Crippen LogP contribution in [-0.2, 0) is 6.54 Å². The minimum Gasteiger partial charge on any atom is -0.454 e. The Balaban J connectivity index is 1.32. The third-order valence-corrected chi connectivity index (χ3v) is 7.39. The van der Waals surface area contributed by atoms with E-state index in [4.69, 9.17) is 14.7 Å². The second kappa shape index (κ2) is 6.76. The van der Waals surface area contributed by atoms with Crippen LogP contribution in [0.2, 0.25) is 0 Å². The maximum Gasteiger partial charge on any atom is 0.231 e. The van der Waals surface area contributed by atoms with E-state index >= 15 is 0 Å². The lowest BCUT2D eigenvalue weighted by atomic mass is 9.75. The molecule has 7 rings (SSSR count). The van der Waals surface area contributed by atoms with E-state index < -0.39 is 0 Å². The summed E-state index contributed by atoms with van der Waals surface area (Å²) in [4.78, 5) is 5.44. The van der Waals surface area contributed by atoms with Crippen molar-refractivity contribution in [1.82, 2.24) is 9.80 Å². The highest BCUT2D eigenvalue weighted by molar-refractivity contribution is 5.46. The molecule has 0 N–H and O–H groups in total. The predicted molar refractivity (Wildman–Crippen MR) is 109 cm³/mol. The number of nitrogens with zero attached hydrogens (tertiary/aromatic N) is 3. The van der Waals surface area contributed by atoms with Crippen LogP contribution in [0.1, 0.15) is 35.4 Å². The first-order chi connectivity index (χ1) is 14.3. The van der Waals surface area contributed by atoms with Gasteiger partial charge in [-0.05, 0) is 67.2 Å². The molecule has 0 aliphatic carbocycles. The maximum atomic E-state index is 9.08. The highest BCUT2D eigenvalue weighted by Crippen LogP contribution is 2.48. The molecule has 148 valence electrons. The first-order valence-corrected chi connectivity index (χ1v) is 10.7. The summed E-state index contributed by atoms with van der Waals surface area (Å²) in [6, 6.07) is 18.0. The highest BCUT2D eigenvalue weighted by Gasteiger charge is 2.53. The van der Waals surface area contributed by atoms with E-state index in [0.29, 0.717) is 24.8 Å². The second-order valence-corrected chi connectivity index (χ2v) is 8.81. The largest absolute Gasteiger partial charge is 0.454 e. The number of benzene rings is 2. The summed E-state index contributed by atoms with van der Waals surface area (Å²) in [5.74, 6) is 3.04. The normalized spacial score (nSPS) is 32.2. The smallest absolute Gasteiger partial charge is 0.231 e. The Morgan fingerprint density at radius 2 is 1.76 bits per heavy atom. The van der Waals surface area contributed by atoms with Crippen molar-refractivity contribution in [3.05, 3.63) is 59.2 Å². The molecule has 29 heavy (non-hydrogen) atoms. The van der Waals surface area contributed by atoms with Crippen LogP contribution in [0.3, 0.4) is 0 Å². The molecule has 0 spiro atoms. The molecule has 2 aromatic rings. The van der Waals surface area contributed by atoms with Gasteiger partial charge in [-0.3, -0.25) is 9.80 Å². The standard InChI is InChI=1S/C24H25N3O2/c25-12-16-1-3-17(4-2-16)13-27-14-20(19-5-6-21-22(11-19)29-15-28-21)24-23(27)18-7-9-26(24)10-8-18/h1-6,11,18,20,23-24H,7-10,13-15H2/t20-,23+,24+/m1/s1. The van der Waals surface area contributed by atoms with Gasteiger partial charge in [0, 0.05) is 31.1 Å². The van der Waals surface area contributed by atoms with Crippen LogP contribution in [0, 0.1) is 17.2 Å². The minimum atomic E-state index is 0.328. The maximum absolute atomic E-state index is 9.08. The van der Waals surface area contributed by atoms with Crippen LogP contribution in [0.25, 0.3) is 0 Å². The van der Waals surface area contributed by atoms with Gasteiger partial charge in [0.2, 0.25) is 6.79 Å². The van der Waals surface area contributed by atoms with Crippen molar-refractivity contribution in [3.63, 3.8) is 0 Å². The van der Waals surface area contributed by atoms with E-state index in [9.17, 15) is 0 Å². The third kappa shape index (κ3) is 2.82. The SMILES string of the molecule is N#Cc1ccc(CN2C[C@H](c3ccc4c(c3)OCO4)[C@H]3[C@@H]2C2CCN3CC2)cc1. The lowest BCUT2D eigenvalue weighted by Gasteiger charge is -2.51. The second-order valence-electron chi connectivity index (χ2n) is 8.81. The van der Waals surface area contributed by atoms with Crippen LogP contribution in [0.5, 0.6) is 11.5 Å². The van der Waals surface area contributed by atoms with Gasteiger partial charge in [0.15, 0.2) is 11.5 Å². The zero-order chi connectivity index (χ0) is 19.4. The van der Waals surface area contributed by atoms with Gasteiger partial charge in [0.25, 0.3) is 0 Å². The van der Waals surface area contributed by atoms with Crippen molar-refractivity contribution in [2.24, 2.45) is 5.92 Å². The molecule has 3 atom stereocenters. The first-order valence-electron chi connectivity index (χ1n) is 10.7. The Morgan fingerprint density at radius 3 is 2.55 bits per heavy atom. The zero-order valence-electron chi connectivity index (χ0n) is 16.5. The van der Waals surface area contributed by atoms with Gasteiger partial charge in [-0.25, -0.2) is 0 Å². The molecule has 0 aromatic heterocycles. The molecule has 5 aliphatic rings. The van der Waals surface area contributed by atoms with Gasteiger partial charge >= 0.3 is 0 Å². The fourth-order valence-corrected chi connectivity index (χ4v) is 6.08.